The Balaban J connectivity index is 1.88. The number of thiazole rings is 1. The summed E-state index contributed by atoms with van der Waals surface area (Å²) < 4.78 is 10.0. The largest absolute Gasteiger partial charge is 0.494 e. The van der Waals surface area contributed by atoms with E-state index in [2.05, 4.69) is 10.3 Å². The highest BCUT2D eigenvalue weighted by Gasteiger charge is 2.15. The van der Waals surface area contributed by atoms with E-state index in [9.17, 15) is 9.59 Å². The summed E-state index contributed by atoms with van der Waals surface area (Å²) in [6.45, 7) is 0.905. The second-order valence-electron chi connectivity index (χ2n) is 3.32. The Kier molecular flexibility index (Phi) is 3.78. The first-order valence-electron chi connectivity index (χ1n) is 5.07. The van der Waals surface area contributed by atoms with Crippen LogP contribution < -0.4 is 5.32 Å². The van der Waals surface area contributed by atoms with E-state index in [4.69, 9.17) is 14.6 Å². The van der Waals surface area contributed by atoms with Crippen LogP contribution in [-0.2, 0) is 20.8 Å². The Labute approximate surface area is 106 Å². The van der Waals surface area contributed by atoms with Gasteiger partial charge >= 0.3 is 5.97 Å². The Hall–Kier alpha value is -2.09. The van der Waals surface area contributed by atoms with E-state index in [-0.39, 0.29) is 18.0 Å². The van der Waals surface area contributed by atoms with Crippen molar-refractivity contribution in [1.29, 1.82) is 0 Å². The molecular formula is C10H10N2O5S. The predicted octanol–water partition coefficient (Wildman–Crippen LogP) is 0.346. The number of nitrogens with one attached hydrogen (secondary N) is 1. The molecule has 96 valence electrons. The van der Waals surface area contributed by atoms with Gasteiger partial charge in [0.05, 0.1) is 6.54 Å². The van der Waals surface area contributed by atoms with E-state index >= 15 is 0 Å². The number of carbonyl (C=O) groups excluding carboxylic acids is 1. The molecule has 1 aliphatic rings. The van der Waals surface area contributed by atoms with Crippen molar-refractivity contribution in [1.82, 2.24) is 10.3 Å². The summed E-state index contributed by atoms with van der Waals surface area (Å²) >= 11 is 1.17. The van der Waals surface area contributed by atoms with Crippen LogP contribution in [0.25, 0.3) is 0 Å². The Morgan fingerprint density at radius 2 is 2.33 bits per heavy atom. The lowest BCUT2D eigenvalue weighted by Gasteiger charge is -2.14. The van der Waals surface area contributed by atoms with E-state index in [1.54, 1.807) is 0 Å². The van der Waals surface area contributed by atoms with E-state index in [0.29, 0.717) is 18.2 Å². The number of carboxylic acid groups (broad SMARTS) is 1. The van der Waals surface area contributed by atoms with Crippen LogP contribution in [0.5, 0.6) is 0 Å². The zero-order valence-corrected chi connectivity index (χ0v) is 10.0. The van der Waals surface area contributed by atoms with Gasteiger partial charge in [-0.1, -0.05) is 0 Å². The van der Waals surface area contributed by atoms with Crippen molar-refractivity contribution >= 4 is 23.2 Å². The topological polar surface area (TPSA) is 97.8 Å². The molecule has 0 aromatic carbocycles. The summed E-state index contributed by atoms with van der Waals surface area (Å²) in [5, 5.41) is 13.2. The molecule has 2 heterocycles. The number of aromatic nitrogens is 1. The van der Waals surface area contributed by atoms with Crippen LogP contribution in [0.2, 0.25) is 0 Å². The maximum Gasteiger partial charge on any atom is 0.355 e. The molecule has 0 atom stereocenters. The standard InChI is InChI=1S/C10H10N2O5S/c13-9(7-4-16-1-2-17-7)11-3-8-12-6(5-18-8)10(14)15/h4-5H,1-3H2,(H,11,13)(H,14,15). The summed E-state index contributed by atoms with van der Waals surface area (Å²) in [6, 6.07) is 0. The van der Waals surface area contributed by atoms with Crippen molar-refractivity contribution in [3.05, 3.63) is 28.1 Å². The van der Waals surface area contributed by atoms with E-state index in [0.717, 1.165) is 0 Å². The smallest absolute Gasteiger partial charge is 0.355 e. The summed E-state index contributed by atoms with van der Waals surface area (Å²) in [7, 11) is 0. The molecule has 2 N–H and O–H groups in total. The van der Waals surface area contributed by atoms with Gasteiger partial charge in [-0.3, -0.25) is 4.79 Å². The second-order valence-corrected chi connectivity index (χ2v) is 4.26. The first kappa shape index (κ1) is 12.4. The van der Waals surface area contributed by atoms with Crippen LogP contribution >= 0.6 is 11.3 Å². The molecule has 0 saturated carbocycles. The van der Waals surface area contributed by atoms with Crippen LogP contribution in [0.3, 0.4) is 0 Å². The van der Waals surface area contributed by atoms with Crippen LogP contribution in [0, 0.1) is 0 Å². The van der Waals surface area contributed by atoms with Gasteiger partial charge in [-0.2, -0.15) is 0 Å². The lowest BCUT2D eigenvalue weighted by molar-refractivity contribution is -0.122. The van der Waals surface area contributed by atoms with Crippen molar-refractivity contribution < 1.29 is 24.2 Å². The van der Waals surface area contributed by atoms with Crippen molar-refractivity contribution in [2.24, 2.45) is 0 Å². The first-order chi connectivity index (χ1) is 8.66. The molecule has 1 aromatic rings. The number of amides is 1. The normalized spacial score (nSPS) is 14.1. The van der Waals surface area contributed by atoms with Gasteiger partial charge in [0.25, 0.3) is 5.91 Å². The number of hydrogen-bond acceptors (Lipinski definition) is 6. The summed E-state index contributed by atoms with van der Waals surface area (Å²) in [5.74, 6) is -1.39. The zero-order valence-electron chi connectivity index (χ0n) is 9.21. The SMILES string of the molecule is O=C(NCc1nc(C(=O)O)cs1)C1=COCCO1. The number of aromatic carboxylic acids is 1. The average molecular weight is 270 g/mol. The van der Waals surface area contributed by atoms with Gasteiger partial charge in [0.15, 0.2) is 5.69 Å². The molecule has 1 aromatic heterocycles. The quantitative estimate of drug-likeness (QED) is 0.819. The molecule has 0 saturated heterocycles. The molecule has 0 fully saturated rings. The Bertz CT molecular complexity index is 496. The molecule has 0 unspecified atom stereocenters. The first-order valence-corrected chi connectivity index (χ1v) is 5.95. The number of carbonyl (C=O) groups is 2. The van der Waals surface area contributed by atoms with Crippen LogP contribution in [0.1, 0.15) is 15.5 Å². The van der Waals surface area contributed by atoms with E-state index < -0.39 is 11.9 Å². The van der Waals surface area contributed by atoms with Gasteiger partial charge in [-0.25, -0.2) is 9.78 Å². The molecule has 8 heteroatoms. The van der Waals surface area contributed by atoms with Gasteiger partial charge in [-0.15, -0.1) is 11.3 Å². The lowest BCUT2D eigenvalue weighted by Crippen LogP contribution is -2.28. The maximum atomic E-state index is 11.6. The van der Waals surface area contributed by atoms with Crippen molar-refractivity contribution in [3.63, 3.8) is 0 Å². The number of nitrogens with zero attached hydrogens (tertiary/aromatic N) is 1. The number of hydrogen-bond donors (Lipinski definition) is 2. The van der Waals surface area contributed by atoms with Gasteiger partial charge in [0, 0.05) is 5.38 Å². The molecule has 0 spiro atoms. The van der Waals surface area contributed by atoms with Gasteiger partial charge in [0.2, 0.25) is 5.76 Å². The zero-order chi connectivity index (χ0) is 13.0. The maximum absolute atomic E-state index is 11.6. The van der Waals surface area contributed by atoms with Crippen molar-refractivity contribution in [2.75, 3.05) is 13.2 Å². The summed E-state index contributed by atoms with van der Waals surface area (Å²) in [5.41, 5.74) is -0.0271. The second kappa shape index (κ2) is 5.50. The van der Waals surface area contributed by atoms with Crippen LogP contribution in [0.15, 0.2) is 17.4 Å². The van der Waals surface area contributed by atoms with Crippen molar-refractivity contribution in [3.8, 4) is 0 Å². The molecule has 2 rings (SSSR count). The Morgan fingerprint density at radius 3 is 2.94 bits per heavy atom. The number of rotatable bonds is 4. The number of carboxylic acids is 1. The highest BCUT2D eigenvalue weighted by Crippen LogP contribution is 2.10. The third-order valence-electron chi connectivity index (χ3n) is 2.04. The fourth-order valence-electron chi connectivity index (χ4n) is 1.22. The number of ether oxygens (including phenoxy) is 2. The minimum atomic E-state index is -1.09. The average Bonchev–Trinajstić information content (AvgIpc) is 2.86. The molecular weight excluding hydrogens is 260 g/mol. The highest BCUT2D eigenvalue weighted by molar-refractivity contribution is 7.09. The molecule has 7 nitrogen and oxygen atoms in total. The van der Waals surface area contributed by atoms with E-state index in [1.165, 1.54) is 23.0 Å². The van der Waals surface area contributed by atoms with Crippen LogP contribution in [-0.4, -0.2) is 35.2 Å². The minimum Gasteiger partial charge on any atom is -0.494 e. The van der Waals surface area contributed by atoms with Gasteiger partial charge in [0.1, 0.15) is 24.5 Å². The fraction of sp³-hybridized carbons (Fsp3) is 0.300. The Morgan fingerprint density at radius 1 is 1.50 bits per heavy atom. The minimum absolute atomic E-state index is 0.0271. The predicted molar refractivity (Wildman–Crippen MR) is 60.9 cm³/mol. The van der Waals surface area contributed by atoms with E-state index in [1.807, 2.05) is 0 Å². The van der Waals surface area contributed by atoms with Gasteiger partial charge in [-0.05, 0) is 0 Å². The molecule has 0 aliphatic carbocycles. The molecule has 1 aliphatic heterocycles. The molecule has 1 amide bonds. The summed E-state index contributed by atoms with van der Waals surface area (Å²) in [6.07, 6.45) is 1.25. The van der Waals surface area contributed by atoms with Crippen LogP contribution in [0.4, 0.5) is 0 Å². The molecule has 18 heavy (non-hydrogen) atoms. The fourth-order valence-corrected chi connectivity index (χ4v) is 1.93. The van der Waals surface area contributed by atoms with Gasteiger partial charge < -0.3 is 19.9 Å². The third-order valence-corrected chi connectivity index (χ3v) is 2.89. The molecule has 0 radical (unpaired) electrons. The highest BCUT2D eigenvalue weighted by atomic mass is 32.1. The lowest BCUT2D eigenvalue weighted by atomic mass is 10.4. The molecule has 0 bridgehead atoms. The third kappa shape index (κ3) is 2.98. The van der Waals surface area contributed by atoms with Crippen molar-refractivity contribution in [2.45, 2.75) is 6.54 Å². The monoisotopic (exact) mass is 270 g/mol. The summed E-state index contributed by atoms with van der Waals surface area (Å²) in [4.78, 5) is 26.0.